The minimum absolute atomic E-state index is 0.504. The monoisotopic (exact) mass is 458 g/mol. The molecule has 1 N–H and O–H groups in total. The maximum atomic E-state index is 12.1. The van der Waals surface area contributed by atoms with Crippen molar-refractivity contribution in [3.8, 4) is 0 Å². The van der Waals surface area contributed by atoms with Crippen molar-refractivity contribution in [2.75, 3.05) is 5.32 Å². The number of thioether (sulfide) groups is 1. The number of aryl methyl sites for hydroxylation is 1. The third-order valence-corrected chi connectivity index (χ3v) is 5.62. The molecule has 0 unspecified atom stereocenters. The number of fused-ring (bicyclic) bond motifs is 1. The number of amides is 1. The van der Waals surface area contributed by atoms with Gasteiger partial charge in [-0.25, -0.2) is 9.78 Å². The zero-order valence-electron chi connectivity index (χ0n) is 16.4. The van der Waals surface area contributed by atoms with Gasteiger partial charge in [-0.1, -0.05) is 46.3 Å². The number of pyridine rings is 1. The molecule has 0 fully saturated rings. The van der Waals surface area contributed by atoms with Crippen LogP contribution in [0.15, 0.2) is 57.9 Å². The summed E-state index contributed by atoms with van der Waals surface area (Å²) in [6, 6.07) is 16.5. The Labute approximate surface area is 178 Å². The number of hydrogen-bond acceptors (Lipinski definition) is 4. The minimum Gasteiger partial charge on any atom is -0.444 e. The summed E-state index contributed by atoms with van der Waals surface area (Å²) in [5, 5.41) is 3.77. The van der Waals surface area contributed by atoms with E-state index in [2.05, 4.69) is 44.4 Å². The molecule has 2 aromatic carbocycles. The lowest BCUT2D eigenvalue weighted by Crippen LogP contribution is -2.27. The largest absolute Gasteiger partial charge is 0.444 e. The van der Waals surface area contributed by atoms with Gasteiger partial charge in [-0.3, -0.25) is 5.32 Å². The van der Waals surface area contributed by atoms with Crippen molar-refractivity contribution >= 4 is 50.5 Å². The zero-order valence-corrected chi connectivity index (χ0v) is 18.8. The predicted octanol–water partition coefficient (Wildman–Crippen LogP) is 6.95. The van der Waals surface area contributed by atoms with Crippen LogP contribution in [0, 0.1) is 6.92 Å². The molecule has 3 aromatic rings. The molecule has 0 aliphatic carbocycles. The molecule has 3 rings (SSSR count). The second-order valence-corrected chi connectivity index (χ2v) is 9.43. The zero-order chi connectivity index (χ0) is 20.3. The van der Waals surface area contributed by atoms with Gasteiger partial charge in [0.15, 0.2) is 0 Å². The average molecular weight is 459 g/mol. The summed E-state index contributed by atoms with van der Waals surface area (Å²) in [5.41, 5.74) is 2.41. The minimum atomic E-state index is -0.556. The highest BCUT2D eigenvalue weighted by Crippen LogP contribution is 2.33. The first kappa shape index (κ1) is 20.7. The first-order valence-corrected chi connectivity index (χ1v) is 10.8. The van der Waals surface area contributed by atoms with Crippen molar-refractivity contribution < 1.29 is 9.53 Å². The summed E-state index contributed by atoms with van der Waals surface area (Å²) in [4.78, 5) is 17.9. The van der Waals surface area contributed by atoms with Crippen molar-refractivity contribution in [2.24, 2.45) is 0 Å². The molecule has 0 bridgehead atoms. The van der Waals surface area contributed by atoms with Crippen LogP contribution in [0.4, 0.5) is 10.6 Å². The van der Waals surface area contributed by atoms with Gasteiger partial charge in [-0.2, -0.15) is 0 Å². The Morgan fingerprint density at radius 1 is 1.18 bits per heavy atom. The number of carbonyl (C=O) groups excluding carboxylic acids is 1. The van der Waals surface area contributed by atoms with Gasteiger partial charge in [0.2, 0.25) is 0 Å². The van der Waals surface area contributed by atoms with Gasteiger partial charge in [-0.05, 0) is 57.0 Å². The molecule has 1 amide bonds. The highest BCUT2D eigenvalue weighted by Gasteiger charge is 2.18. The van der Waals surface area contributed by atoms with Crippen LogP contribution in [-0.2, 0) is 10.5 Å². The highest BCUT2D eigenvalue weighted by atomic mass is 79.9. The van der Waals surface area contributed by atoms with Crippen LogP contribution in [0.25, 0.3) is 10.9 Å². The molecule has 1 heterocycles. The van der Waals surface area contributed by atoms with Gasteiger partial charge in [0, 0.05) is 20.5 Å². The standard InChI is InChI=1S/C22H23BrN2O2S/c1-14-10-17-18(23)11-16(28-13-15-8-6-5-7-9-15)12-19(17)24-20(14)25-21(26)27-22(2,3)4/h5-12H,13H2,1-4H3,(H,24,25,26). The molecule has 6 heteroatoms. The van der Waals surface area contributed by atoms with Gasteiger partial charge in [-0.15, -0.1) is 11.8 Å². The van der Waals surface area contributed by atoms with E-state index in [1.807, 2.05) is 58.0 Å². The van der Waals surface area contributed by atoms with E-state index in [1.54, 1.807) is 11.8 Å². The van der Waals surface area contributed by atoms with E-state index in [0.717, 1.165) is 31.6 Å². The van der Waals surface area contributed by atoms with Crippen LogP contribution in [0.1, 0.15) is 31.9 Å². The van der Waals surface area contributed by atoms with Crippen molar-refractivity contribution in [3.63, 3.8) is 0 Å². The Morgan fingerprint density at radius 3 is 2.57 bits per heavy atom. The smallest absolute Gasteiger partial charge is 0.413 e. The van der Waals surface area contributed by atoms with Crippen LogP contribution >= 0.6 is 27.7 Å². The lowest BCUT2D eigenvalue weighted by atomic mass is 10.1. The van der Waals surface area contributed by atoms with E-state index in [-0.39, 0.29) is 0 Å². The van der Waals surface area contributed by atoms with Crippen molar-refractivity contribution in [3.05, 3.63) is 64.1 Å². The molecule has 0 aliphatic rings. The van der Waals surface area contributed by atoms with Gasteiger partial charge in [0.05, 0.1) is 5.52 Å². The van der Waals surface area contributed by atoms with Crippen LogP contribution in [0.5, 0.6) is 0 Å². The number of benzene rings is 2. The maximum absolute atomic E-state index is 12.1. The van der Waals surface area contributed by atoms with Crippen LogP contribution in [0.3, 0.4) is 0 Å². The summed E-state index contributed by atoms with van der Waals surface area (Å²) < 4.78 is 6.33. The highest BCUT2D eigenvalue weighted by molar-refractivity contribution is 9.10. The topological polar surface area (TPSA) is 51.2 Å². The summed E-state index contributed by atoms with van der Waals surface area (Å²) in [6.45, 7) is 7.42. The fraction of sp³-hybridized carbons (Fsp3) is 0.273. The molecule has 0 saturated heterocycles. The molecular formula is C22H23BrN2O2S. The average Bonchev–Trinajstić information content (AvgIpc) is 2.61. The quantitative estimate of drug-likeness (QED) is 0.429. The number of carbonyl (C=O) groups is 1. The van der Waals surface area contributed by atoms with Crippen LogP contribution < -0.4 is 5.32 Å². The lowest BCUT2D eigenvalue weighted by Gasteiger charge is -2.20. The predicted molar refractivity (Wildman–Crippen MR) is 120 cm³/mol. The first-order chi connectivity index (χ1) is 13.2. The number of halogens is 1. The van der Waals surface area contributed by atoms with Crippen molar-refractivity contribution in [1.29, 1.82) is 0 Å². The van der Waals surface area contributed by atoms with Crippen LogP contribution in [-0.4, -0.2) is 16.7 Å². The SMILES string of the molecule is Cc1cc2c(Br)cc(SCc3ccccc3)cc2nc1NC(=O)OC(C)(C)C. The Hall–Kier alpha value is -2.05. The molecule has 0 spiro atoms. The molecule has 0 saturated carbocycles. The van der Waals surface area contributed by atoms with Gasteiger partial charge in [0.1, 0.15) is 11.4 Å². The summed E-state index contributed by atoms with van der Waals surface area (Å²) in [7, 11) is 0. The Kier molecular flexibility index (Phi) is 6.30. The fourth-order valence-corrected chi connectivity index (χ4v) is 4.30. The Balaban J connectivity index is 1.85. The van der Waals surface area contributed by atoms with E-state index >= 15 is 0 Å². The molecule has 0 atom stereocenters. The maximum Gasteiger partial charge on any atom is 0.413 e. The molecule has 0 aliphatic heterocycles. The number of ether oxygens (including phenoxy) is 1. The van der Waals surface area contributed by atoms with E-state index in [0.29, 0.717) is 5.82 Å². The fourth-order valence-electron chi connectivity index (χ4n) is 2.66. The van der Waals surface area contributed by atoms with Crippen LogP contribution in [0.2, 0.25) is 0 Å². The lowest BCUT2D eigenvalue weighted by molar-refractivity contribution is 0.0635. The van der Waals surface area contributed by atoms with Gasteiger partial charge in [0.25, 0.3) is 0 Å². The van der Waals surface area contributed by atoms with Crippen molar-refractivity contribution in [2.45, 2.75) is 43.9 Å². The number of anilines is 1. The third kappa shape index (κ3) is 5.49. The van der Waals surface area contributed by atoms with Gasteiger partial charge >= 0.3 is 6.09 Å². The van der Waals surface area contributed by atoms with E-state index in [4.69, 9.17) is 4.74 Å². The Morgan fingerprint density at radius 2 is 1.89 bits per heavy atom. The third-order valence-electron chi connectivity index (χ3n) is 3.92. The molecule has 1 aromatic heterocycles. The van der Waals surface area contributed by atoms with E-state index < -0.39 is 11.7 Å². The number of rotatable bonds is 4. The van der Waals surface area contributed by atoms with Gasteiger partial charge < -0.3 is 4.74 Å². The molecule has 146 valence electrons. The summed E-state index contributed by atoms with van der Waals surface area (Å²) in [6.07, 6.45) is -0.504. The van der Waals surface area contributed by atoms with E-state index in [1.165, 1.54) is 5.56 Å². The number of hydrogen-bond donors (Lipinski definition) is 1. The Bertz CT molecular complexity index is 1000. The van der Waals surface area contributed by atoms with E-state index in [9.17, 15) is 4.79 Å². The molecule has 4 nitrogen and oxygen atoms in total. The molecular weight excluding hydrogens is 436 g/mol. The first-order valence-electron chi connectivity index (χ1n) is 8.99. The second-order valence-electron chi connectivity index (χ2n) is 7.53. The van der Waals surface area contributed by atoms with Crippen molar-refractivity contribution in [1.82, 2.24) is 4.98 Å². The summed E-state index contributed by atoms with van der Waals surface area (Å²) in [5.74, 6) is 1.40. The molecule has 0 radical (unpaired) electrons. The molecule has 28 heavy (non-hydrogen) atoms. The number of nitrogens with zero attached hydrogens (tertiary/aromatic N) is 1. The number of aromatic nitrogens is 1. The normalized spacial score (nSPS) is 11.5. The second kappa shape index (κ2) is 8.53. The number of nitrogens with one attached hydrogen (secondary N) is 1. The summed E-state index contributed by atoms with van der Waals surface area (Å²) >= 11 is 5.41.